The molecule has 0 aliphatic heterocycles. The van der Waals surface area contributed by atoms with Gasteiger partial charge in [-0.25, -0.2) is 0 Å². The van der Waals surface area contributed by atoms with Crippen molar-refractivity contribution in [2.75, 3.05) is 0 Å². The average molecular weight is 245 g/mol. The monoisotopic (exact) mass is 245 g/mol. The molecule has 2 N–H and O–H groups in total. The first-order valence-electron chi connectivity index (χ1n) is 6.05. The maximum atomic E-state index is 6.05. The fourth-order valence-electron chi connectivity index (χ4n) is 1.91. The molecule has 94 valence electrons. The molecule has 0 saturated heterocycles. The predicted molar refractivity (Wildman–Crippen MR) is 64.5 cm³/mol. The largest absolute Gasteiger partial charge is 0.334 e. The average Bonchev–Trinajstić information content (AvgIpc) is 3.09. The van der Waals surface area contributed by atoms with Gasteiger partial charge >= 0.3 is 0 Å². The van der Waals surface area contributed by atoms with E-state index >= 15 is 0 Å². The SMILES string of the molecule is Cc1cc(-c2nc(C(N)C3CC3)no2)c(C)nn1. The van der Waals surface area contributed by atoms with Crippen LogP contribution in [0.3, 0.4) is 0 Å². The van der Waals surface area contributed by atoms with E-state index in [1.54, 1.807) is 0 Å². The van der Waals surface area contributed by atoms with E-state index in [-0.39, 0.29) is 6.04 Å². The fourth-order valence-corrected chi connectivity index (χ4v) is 1.91. The van der Waals surface area contributed by atoms with Gasteiger partial charge in [0.15, 0.2) is 5.82 Å². The molecule has 0 amide bonds. The van der Waals surface area contributed by atoms with Crippen LogP contribution in [0.15, 0.2) is 10.6 Å². The van der Waals surface area contributed by atoms with Crippen LogP contribution in [0.2, 0.25) is 0 Å². The Bertz CT molecular complexity index is 576. The van der Waals surface area contributed by atoms with Gasteiger partial charge < -0.3 is 10.3 Å². The molecule has 2 heterocycles. The molecule has 6 nitrogen and oxygen atoms in total. The molecule has 1 saturated carbocycles. The molecule has 2 aromatic rings. The van der Waals surface area contributed by atoms with Crippen LogP contribution in [-0.4, -0.2) is 20.3 Å². The van der Waals surface area contributed by atoms with Crippen LogP contribution in [0.5, 0.6) is 0 Å². The number of rotatable bonds is 3. The lowest BCUT2D eigenvalue weighted by atomic mass is 10.2. The molecule has 0 radical (unpaired) electrons. The van der Waals surface area contributed by atoms with E-state index in [1.807, 2.05) is 19.9 Å². The summed E-state index contributed by atoms with van der Waals surface area (Å²) in [5.74, 6) is 1.56. The molecule has 1 atom stereocenters. The number of hydrogen-bond acceptors (Lipinski definition) is 6. The third-order valence-corrected chi connectivity index (χ3v) is 3.20. The summed E-state index contributed by atoms with van der Waals surface area (Å²) in [7, 11) is 0. The topological polar surface area (TPSA) is 90.7 Å². The van der Waals surface area contributed by atoms with Crippen molar-refractivity contribution in [3.63, 3.8) is 0 Å². The maximum absolute atomic E-state index is 6.05. The van der Waals surface area contributed by atoms with Crippen LogP contribution in [0.1, 0.15) is 36.1 Å². The molecule has 1 aliphatic rings. The smallest absolute Gasteiger partial charge is 0.259 e. The summed E-state index contributed by atoms with van der Waals surface area (Å²) in [6.45, 7) is 3.75. The molecule has 0 aromatic carbocycles. The van der Waals surface area contributed by atoms with Gasteiger partial charge in [0.2, 0.25) is 0 Å². The van der Waals surface area contributed by atoms with Crippen molar-refractivity contribution in [3.8, 4) is 11.5 Å². The van der Waals surface area contributed by atoms with Gasteiger partial charge in [0, 0.05) is 0 Å². The van der Waals surface area contributed by atoms with E-state index in [0.29, 0.717) is 17.6 Å². The van der Waals surface area contributed by atoms with Crippen molar-refractivity contribution >= 4 is 0 Å². The van der Waals surface area contributed by atoms with Crippen LogP contribution in [0.4, 0.5) is 0 Å². The van der Waals surface area contributed by atoms with E-state index in [9.17, 15) is 0 Å². The van der Waals surface area contributed by atoms with Crippen LogP contribution in [0.25, 0.3) is 11.5 Å². The summed E-state index contributed by atoms with van der Waals surface area (Å²) < 4.78 is 5.28. The third kappa shape index (κ3) is 1.99. The first kappa shape index (κ1) is 11.3. The van der Waals surface area contributed by atoms with Crippen molar-refractivity contribution < 1.29 is 4.52 Å². The highest BCUT2D eigenvalue weighted by Gasteiger charge is 2.32. The van der Waals surface area contributed by atoms with E-state index in [4.69, 9.17) is 10.3 Å². The minimum atomic E-state index is -0.112. The van der Waals surface area contributed by atoms with Gasteiger partial charge in [0.25, 0.3) is 5.89 Å². The number of nitrogens with zero attached hydrogens (tertiary/aromatic N) is 4. The summed E-state index contributed by atoms with van der Waals surface area (Å²) in [6.07, 6.45) is 2.31. The second kappa shape index (κ2) is 4.13. The lowest BCUT2D eigenvalue weighted by Crippen LogP contribution is -2.13. The maximum Gasteiger partial charge on any atom is 0.259 e. The van der Waals surface area contributed by atoms with E-state index < -0.39 is 0 Å². The number of hydrogen-bond donors (Lipinski definition) is 1. The van der Waals surface area contributed by atoms with Crippen LogP contribution in [0, 0.1) is 19.8 Å². The molecule has 0 bridgehead atoms. The normalized spacial score (nSPS) is 16.8. The molecule has 2 aromatic heterocycles. The van der Waals surface area contributed by atoms with Gasteiger partial charge in [-0.3, -0.25) is 0 Å². The zero-order valence-electron chi connectivity index (χ0n) is 10.4. The van der Waals surface area contributed by atoms with Gasteiger partial charge in [-0.05, 0) is 38.7 Å². The van der Waals surface area contributed by atoms with Crippen molar-refractivity contribution in [3.05, 3.63) is 23.3 Å². The highest BCUT2D eigenvalue weighted by molar-refractivity contribution is 5.55. The zero-order chi connectivity index (χ0) is 12.7. The molecule has 1 fully saturated rings. The lowest BCUT2D eigenvalue weighted by Gasteiger charge is -2.02. The Hall–Kier alpha value is -1.82. The third-order valence-electron chi connectivity index (χ3n) is 3.20. The predicted octanol–water partition coefficient (Wildman–Crippen LogP) is 1.55. The lowest BCUT2D eigenvalue weighted by molar-refractivity contribution is 0.411. The second-order valence-electron chi connectivity index (χ2n) is 4.81. The summed E-state index contributed by atoms with van der Waals surface area (Å²) >= 11 is 0. The first-order valence-corrected chi connectivity index (χ1v) is 6.05. The summed E-state index contributed by atoms with van der Waals surface area (Å²) in [5.41, 5.74) is 8.47. The van der Waals surface area contributed by atoms with Gasteiger partial charge in [0.1, 0.15) is 0 Å². The van der Waals surface area contributed by atoms with E-state index in [2.05, 4.69) is 20.3 Å². The highest BCUT2D eigenvalue weighted by Crippen LogP contribution is 2.38. The zero-order valence-corrected chi connectivity index (χ0v) is 10.4. The molecule has 6 heteroatoms. The molecular weight excluding hydrogens is 230 g/mol. The molecular formula is C12H15N5O. The van der Waals surface area contributed by atoms with Gasteiger partial charge in [-0.1, -0.05) is 5.16 Å². The van der Waals surface area contributed by atoms with Gasteiger partial charge in [0.05, 0.1) is 23.0 Å². The second-order valence-corrected chi connectivity index (χ2v) is 4.81. The Kier molecular flexibility index (Phi) is 2.59. The minimum absolute atomic E-state index is 0.112. The molecule has 18 heavy (non-hydrogen) atoms. The summed E-state index contributed by atoms with van der Waals surface area (Å²) in [4.78, 5) is 4.37. The van der Waals surface area contributed by atoms with Crippen LogP contribution in [-0.2, 0) is 0 Å². The van der Waals surface area contributed by atoms with Crippen molar-refractivity contribution in [1.29, 1.82) is 0 Å². The highest BCUT2D eigenvalue weighted by atomic mass is 16.5. The first-order chi connectivity index (χ1) is 8.65. The Morgan fingerprint density at radius 1 is 1.33 bits per heavy atom. The quantitative estimate of drug-likeness (QED) is 0.882. The fraction of sp³-hybridized carbons (Fsp3) is 0.500. The molecule has 1 aliphatic carbocycles. The van der Waals surface area contributed by atoms with Crippen LogP contribution < -0.4 is 5.73 Å². The van der Waals surface area contributed by atoms with Crippen molar-refractivity contribution in [2.24, 2.45) is 11.7 Å². The summed E-state index contributed by atoms with van der Waals surface area (Å²) in [6, 6.07) is 1.78. The Balaban J connectivity index is 1.94. The van der Waals surface area contributed by atoms with Crippen LogP contribution >= 0.6 is 0 Å². The molecule has 3 rings (SSSR count). The summed E-state index contributed by atoms with van der Waals surface area (Å²) in [5, 5.41) is 12.0. The Morgan fingerprint density at radius 3 is 2.83 bits per heavy atom. The number of aromatic nitrogens is 4. The van der Waals surface area contributed by atoms with Gasteiger partial charge in [-0.2, -0.15) is 15.2 Å². The number of nitrogens with two attached hydrogens (primary N) is 1. The molecule has 1 unspecified atom stereocenters. The number of aryl methyl sites for hydroxylation is 2. The van der Waals surface area contributed by atoms with Gasteiger partial charge in [-0.15, -0.1) is 0 Å². The van der Waals surface area contributed by atoms with E-state index in [0.717, 1.165) is 29.8 Å². The standard InChI is InChI=1S/C12H15N5O/c1-6-5-9(7(2)16-15-6)12-14-11(17-18-12)10(13)8-3-4-8/h5,8,10H,3-4,13H2,1-2H3. The molecule has 0 spiro atoms. The van der Waals surface area contributed by atoms with E-state index in [1.165, 1.54) is 0 Å². The van der Waals surface area contributed by atoms with Crippen molar-refractivity contribution in [1.82, 2.24) is 20.3 Å². The minimum Gasteiger partial charge on any atom is -0.334 e. The Labute approximate surface area is 105 Å². The Morgan fingerprint density at radius 2 is 2.11 bits per heavy atom. The van der Waals surface area contributed by atoms with Crippen molar-refractivity contribution in [2.45, 2.75) is 32.7 Å².